The summed E-state index contributed by atoms with van der Waals surface area (Å²) in [6.07, 6.45) is 0.730. The molecule has 1 N–H and O–H groups in total. The van der Waals surface area contributed by atoms with Crippen LogP contribution in [0.15, 0.2) is 57.7 Å². The summed E-state index contributed by atoms with van der Waals surface area (Å²) in [5.74, 6) is -0.00886. The highest BCUT2D eigenvalue weighted by atomic mass is 35.5. The molecule has 0 bridgehead atoms. The molecule has 138 valence electrons. The van der Waals surface area contributed by atoms with Crippen LogP contribution in [-0.4, -0.2) is 11.9 Å². The van der Waals surface area contributed by atoms with E-state index in [0.29, 0.717) is 10.6 Å². The van der Waals surface area contributed by atoms with Gasteiger partial charge in [-0.05, 0) is 55.8 Å². The number of fused-ring (bicyclic) bond motifs is 3. The van der Waals surface area contributed by atoms with Crippen molar-refractivity contribution < 1.29 is 9.21 Å². The molecule has 0 radical (unpaired) electrons. The molecule has 2 unspecified atom stereocenters. The second-order valence-corrected chi connectivity index (χ2v) is 7.28. The number of hydrogen-bond acceptors (Lipinski definition) is 4. The Labute approximate surface area is 161 Å². The maximum atomic E-state index is 12.3. The average Bonchev–Trinajstić information content (AvgIpc) is 2.62. The molecule has 6 heteroatoms. The number of nitrogens with one attached hydrogen (secondary N) is 1. The standard InChI is InChI=1S/C21H19ClN2O3/c1-12-11-17(23-15-5-3-14(22)4-6-15)21-16-7-10-20(26)27-19(16)9-8-18(21)24(12)13(2)25/h3-10,12,17,23H,11H2,1-2H3. The number of halogens is 1. The third kappa shape index (κ3) is 3.19. The first-order valence-corrected chi connectivity index (χ1v) is 9.20. The second kappa shape index (κ2) is 6.74. The number of amides is 1. The molecule has 1 aliphatic heterocycles. The van der Waals surface area contributed by atoms with E-state index in [0.717, 1.165) is 28.7 Å². The number of rotatable bonds is 2. The van der Waals surface area contributed by atoms with Crippen LogP contribution in [0.4, 0.5) is 11.4 Å². The van der Waals surface area contributed by atoms with Crippen molar-refractivity contribution in [3.05, 3.63) is 69.5 Å². The molecule has 0 aliphatic carbocycles. The van der Waals surface area contributed by atoms with Crippen LogP contribution in [0, 0.1) is 0 Å². The van der Waals surface area contributed by atoms with Gasteiger partial charge in [0.15, 0.2) is 0 Å². The Kier molecular flexibility index (Phi) is 4.40. The number of carbonyl (C=O) groups excluding carboxylic acids is 1. The minimum Gasteiger partial charge on any atom is -0.423 e. The van der Waals surface area contributed by atoms with Crippen molar-refractivity contribution in [2.24, 2.45) is 0 Å². The zero-order valence-corrected chi connectivity index (χ0v) is 15.8. The zero-order valence-electron chi connectivity index (χ0n) is 15.0. The zero-order chi connectivity index (χ0) is 19.1. The van der Waals surface area contributed by atoms with Gasteiger partial charge >= 0.3 is 5.63 Å². The molecule has 2 heterocycles. The maximum Gasteiger partial charge on any atom is 0.336 e. The summed E-state index contributed by atoms with van der Waals surface area (Å²) >= 11 is 5.99. The number of nitrogens with zero attached hydrogens (tertiary/aromatic N) is 1. The van der Waals surface area contributed by atoms with Crippen molar-refractivity contribution in [3.63, 3.8) is 0 Å². The fourth-order valence-electron chi connectivity index (χ4n) is 3.90. The van der Waals surface area contributed by atoms with Crippen LogP contribution in [0.2, 0.25) is 5.02 Å². The van der Waals surface area contributed by atoms with Gasteiger partial charge in [-0.15, -0.1) is 0 Å². The van der Waals surface area contributed by atoms with Crippen molar-refractivity contribution in [1.82, 2.24) is 0 Å². The number of anilines is 2. The Morgan fingerprint density at radius 3 is 2.59 bits per heavy atom. The van der Waals surface area contributed by atoms with Crippen LogP contribution in [0.1, 0.15) is 31.9 Å². The normalized spacial score (nSPS) is 19.0. The monoisotopic (exact) mass is 382 g/mol. The Hall–Kier alpha value is -2.79. The summed E-state index contributed by atoms with van der Waals surface area (Å²) in [5, 5.41) is 5.05. The summed E-state index contributed by atoms with van der Waals surface area (Å²) < 4.78 is 5.36. The molecule has 0 fully saturated rings. The van der Waals surface area contributed by atoms with E-state index in [4.69, 9.17) is 16.0 Å². The quantitative estimate of drug-likeness (QED) is 0.650. The van der Waals surface area contributed by atoms with Crippen molar-refractivity contribution in [2.75, 3.05) is 10.2 Å². The molecule has 2 aromatic carbocycles. The van der Waals surface area contributed by atoms with E-state index in [2.05, 4.69) is 5.32 Å². The highest BCUT2D eigenvalue weighted by molar-refractivity contribution is 6.30. The molecular formula is C21H19ClN2O3. The second-order valence-electron chi connectivity index (χ2n) is 6.84. The Balaban J connectivity index is 1.89. The van der Waals surface area contributed by atoms with Gasteiger partial charge in [0.1, 0.15) is 5.58 Å². The van der Waals surface area contributed by atoms with E-state index in [-0.39, 0.29) is 18.0 Å². The predicted molar refractivity (Wildman–Crippen MR) is 108 cm³/mol. The molecule has 1 aliphatic rings. The van der Waals surface area contributed by atoms with Crippen LogP contribution in [0.3, 0.4) is 0 Å². The minimum absolute atomic E-state index is 0.00886. The van der Waals surface area contributed by atoms with Gasteiger partial charge < -0.3 is 14.6 Å². The number of benzene rings is 2. The van der Waals surface area contributed by atoms with Crippen LogP contribution < -0.4 is 15.8 Å². The molecule has 0 saturated carbocycles. The van der Waals surface area contributed by atoms with Crippen LogP contribution in [-0.2, 0) is 4.79 Å². The van der Waals surface area contributed by atoms with E-state index in [1.807, 2.05) is 37.3 Å². The number of hydrogen-bond donors (Lipinski definition) is 1. The lowest BCUT2D eigenvalue weighted by molar-refractivity contribution is -0.117. The molecule has 0 spiro atoms. The molecule has 1 aromatic heterocycles. The lowest BCUT2D eigenvalue weighted by Gasteiger charge is -2.40. The maximum absolute atomic E-state index is 12.3. The van der Waals surface area contributed by atoms with E-state index in [9.17, 15) is 9.59 Å². The average molecular weight is 383 g/mol. The van der Waals surface area contributed by atoms with Crippen LogP contribution >= 0.6 is 11.6 Å². The SMILES string of the molecule is CC(=O)N1c2ccc3oc(=O)ccc3c2C(Nc2ccc(Cl)cc2)CC1C. The van der Waals surface area contributed by atoms with Crippen LogP contribution in [0.25, 0.3) is 11.0 Å². The van der Waals surface area contributed by atoms with Gasteiger partial charge in [-0.3, -0.25) is 4.79 Å². The molecule has 27 heavy (non-hydrogen) atoms. The first-order valence-electron chi connectivity index (χ1n) is 8.82. The largest absolute Gasteiger partial charge is 0.423 e. The van der Waals surface area contributed by atoms with E-state index < -0.39 is 5.63 Å². The van der Waals surface area contributed by atoms with Gasteiger partial charge in [-0.1, -0.05) is 11.6 Å². The molecule has 4 rings (SSSR count). The van der Waals surface area contributed by atoms with Crippen molar-refractivity contribution >= 4 is 39.9 Å². The van der Waals surface area contributed by atoms with Crippen molar-refractivity contribution in [3.8, 4) is 0 Å². The highest BCUT2D eigenvalue weighted by Crippen LogP contribution is 2.42. The third-order valence-electron chi connectivity index (χ3n) is 4.97. The van der Waals surface area contributed by atoms with Gasteiger partial charge in [0.2, 0.25) is 5.91 Å². The van der Waals surface area contributed by atoms with E-state index in [1.165, 1.54) is 6.07 Å². The first-order chi connectivity index (χ1) is 12.9. The molecule has 1 amide bonds. The van der Waals surface area contributed by atoms with Gasteiger partial charge in [-0.2, -0.15) is 0 Å². The number of carbonyl (C=O) groups is 1. The molecule has 3 aromatic rings. The Morgan fingerprint density at radius 2 is 1.89 bits per heavy atom. The summed E-state index contributed by atoms with van der Waals surface area (Å²) in [5.41, 5.74) is 2.86. The Bertz CT molecular complexity index is 1070. The van der Waals surface area contributed by atoms with E-state index >= 15 is 0 Å². The highest BCUT2D eigenvalue weighted by Gasteiger charge is 2.34. The lowest BCUT2D eigenvalue weighted by atomic mass is 9.88. The summed E-state index contributed by atoms with van der Waals surface area (Å²) in [4.78, 5) is 25.7. The summed E-state index contributed by atoms with van der Waals surface area (Å²) in [7, 11) is 0. The Morgan fingerprint density at radius 1 is 1.15 bits per heavy atom. The summed E-state index contributed by atoms with van der Waals surface area (Å²) in [6, 6.07) is 14.3. The van der Waals surface area contributed by atoms with Gasteiger partial charge in [0.25, 0.3) is 0 Å². The lowest BCUT2D eigenvalue weighted by Crippen LogP contribution is -2.43. The molecule has 0 saturated heterocycles. The summed E-state index contributed by atoms with van der Waals surface area (Å²) in [6.45, 7) is 3.61. The molecule has 2 atom stereocenters. The van der Waals surface area contributed by atoms with Gasteiger partial charge in [-0.25, -0.2) is 4.79 Å². The molecule has 5 nitrogen and oxygen atoms in total. The van der Waals surface area contributed by atoms with Gasteiger partial charge in [0, 0.05) is 40.7 Å². The predicted octanol–water partition coefficient (Wildman–Crippen LogP) is 4.74. The topological polar surface area (TPSA) is 62.6 Å². The van der Waals surface area contributed by atoms with E-state index in [1.54, 1.807) is 24.0 Å². The minimum atomic E-state index is -0.391. The fourth-order valence-corrected chi connectivity index (χ4v) is 4.02. The van der Waals surface area contributed by atoms with Crippen molar-refractivity contribution in [1.29, 1.82) is 0 Å². The fraction of sp³-hybridized carbons (Fsp3) is 0.238. The first kappa shape index (κ1) is 17.6. The van der Waals surface area contributed by atoms with Crippen LogP contribution in [0.5, 0.6) is 0 Å². The van der Waals surface area contributed by atoms with Crippen molar-refractivity contribution in [2.45, 2.75) is 32.4 Å². The smallest absolute Gasteiger partial charge is 0.336 e. The third-order valence-corrected chi connectivity index (χ3v) is 5.22. The van der Waals surface area contributed by atoms with Gasteiger partial charge in [0.05, 0.1) is 11.7 Å². The molecular weight excluding hydrogens is 364 g/mol.